The summed E-state index contributed by atoms with van der Waals surface area (Å²) in [5.74, 6) is -0.418. The Morgan fingerprint density at radius 3 is 2.33 bits per heavy atom. The fourth-order valence-corrected chi connectivity index (χ4v) is 1.45. The van der Waals surface area contributed by atoms with Crippen LogP contribution in [0.25, 0.3) is 0 Å². The minimum Gasteiger partial charge on any atom is -0.353 e. The van der Waals surface area contributed by atoms with Crippen molar-refractivity contribution >= 4 is 15.9 Å². The number of nitrogens with zero attached hydrogens (tertiary/aromatic N) is 1. The van der Waals surface area contributed by atoms with Gasteiger partial charge in [-0.25, -0.2) is 13.1 Å². The molecule has 0 rings (SSSR count). The van der Waals surface area contributed by atoms with E-state index in [4.69, 9.17) is 5.26 Å². The summed E-state index contributed by atoms with van der Waals surface area (Å²) in [7, 11) is -3.71. The van der Waals surface area contributed by atoms with E-state index in [0.717, 1.165) is 0 Å². The lowest BCUT2D eigenvalue weighted by molar-refractivity contribution is -0.120. The lowest BCUT2D eigenvalue weighted by Crippen LogP contribution is -2.42. The van der Waals surface area contributed by atoms with Gasteiger partial charge < -0.3 is 5.32 Å². The fourth-order valence-electron chi connectivity index (χ4n) is 0.734. The molecule has 0 heterocycles. The van der Waals surface area contributed by atoms with Crippen molar-refractivity contribution in [3.63, 3.8) is 0 Å². The molecule has 0 aliphatic carbocycles. The molecule has 1 amide bonds. The Labute approximate surface area is 89.7 Å². The summed E-state index contributed by atoms with van der Waals surface area (Å²) in [5.41, 5.74) is 0. The second kappa shape index (κ2) is 5.68. The molecule has 0 saturated carbocycles. The number of nitriles is 1. The molecule has 0 spiro atoms. The van der Waals surface area contributed by atoms with Gasteiger partial charge in [-0.05, 0) is 20.8 Å². The van der Waals surface area contributed by atoms with Crippen LogP contribution in [0.5, 0.6) is 0 Å². The van der Waals surface area contributed by atoms with E-state index in [1.165, 1.54) is 6.92 Å². The van der Waals surface area contributed by atoms with Crippen LogP contribution in [0.4, 0.5) is 0 Å². The number of hydrogen-bond donors (Lipinski definition) is 2. The van der Waals surface area contributed by atoms with Gasteiger partial charge in [0.1, 0.15) is 0 Å². The Kier molecular flexibility index (Phi) is 5.25. The number of rotatable bonds is 5. The highest BCUT2D eigenvalue weighted by atomic mass is 32.2. The van der Waals surface area contributed by atoms with Gasteiger partial charge in [0.2, 0.25) is 15.9 Å². The molecule has 6 nitrogen and oxygen atoms in total. The monoisotopic (exact) mass is 233 g/mol. The van der Waals surface area contributed by atoms with Crippen molar-refractivity contribution in [3.8, 4) is 6.07 Å². The maximum Gasteiger partial charge on any atom is 0.235 e. The zero-order chi connectivity index (χ0) is 12.1. The molecule has 0 aromatic heterocycles. The van der Waals surface area contributed by atoms with Gasteiger partial charge >= 0.3 is 0 Å². The molecular weight excluding hydrogens is 218 g/mol. The van der Waals surface area contributed by atoms with Crippen molar-refractivity contribution < 1.29 is 13.2 Å². The minimum atomic E-state index is -3.71. The second-order valence-corrected chi connectivity index (χ2v) is 5.45. The van der Waals surface area contributed by atoms with Crippen LogP contribution in [-0.2, 0) is 14.8 Å². The summed E-state index contributed by atoms with van der Waals surface area (Å²) in [6.07, 6.45) is 0. The maximum atomic E-state index is 11.2. The third-order valence-electron chi connectivity index (χ3n) is 1.53. The minimum absolute atomic E-state index is 0.0459. The first kappa shape index (κ1) is 13.9. The summed E-state index contributed by atoms with van der Waals surface area (Å²) >= 11 is 0. The molecule has 0 aromatic rings. The van der Waals surface area contributed by atoms with Crippen LogP contribution in [0, 0.1) is 11.3 Å². The number of hydrogen-bond acceptors (Lipinski definition) is 4. The number of amides is 1. The van der Waals surface area contributed by atoms with Gasteiger partial charge in [-0.1, -0.05) is 0 Å². The topological polar surface area (TPSA) is 99.1 Å². The highest BCUT2D eigenvalue weighted by Gasteiger charge is 2.20. The Balaban J connectivity index is 4.18. The summed E-state index contributed by atoms with van der Waals surface area (Å²) < 4.78 is 24.5. The summed E-state index contributed by atoms with van der Waals surface area (Å²) in [5, 5.41) is 9.77. The number of carbonyl (C=O) groups excluding carboxylic acids is 1. The zero-order valence-electron chi connectivity index (χ0n) is 8.94. The highest BCUT2D eigenvalue weighted by Crippen LogP contribution is 1.94. The Morgan fingerprint density at radius 1 is 1.40 bits per heavy atom. The average Bonchev–Trinajstić information content (AvgIpc) is 2.12. The first-order chi connectivity index (χ1) is 6.79. The third-order valence-corrected chi connectivity index (χ3v) is 3.11. The van der Waals surface area contributed by atoms with Crippen LogP contribution in [0.15, 0.2) is 0 Å². The fraction of sp³-hybridized carbons (Fsp3) is 0.750. The molecule has 0 saturated heterocycles. The largest absolute Gasteiger partial charge is 0.353 e. The summed E-state index contributed by atoms with van der Waals surface area (Å²) in [6.45, 7) is 4.45. The molecule has 0 aromatic carbocycles. The smallest absolute Gasteiger partial charge is 0.235 e. The Hall–Kier alpha value is -1.13. The van der Waals surface area contributed by atoms with Crippen LogP contribution in [0.2, 0.25) is 0 Å². The van der Waals surface area contributed by atoms with Crippen LogP contribution in [-0.4, -0.2) is 32.2 Å². The molecule has 0 fully saturated rings. The van der Waals surface area contributed by atoms with Gasteiger partial charge in [0.25, 0.3) is 0 Å². The number of sulfonamides is 1. The van der Waals surface area contributed by atoms with Crippen molar-refractivity contribution in [1.29, 1.82) is 5.26 Å². The van der Waals surface area contributed by atoms with Gasteiger partial charge in [0.15, 0.2) is 5.25 Å². The first-order valence-corrected chi connectivity index (χ1v) is 6.01. The molecule has 15 heavy (non-hydrogen) atoms. The van der Waals surface area contributed by atoms with Gasteiger partial charge in [0.05, 0.1) is 12.6 Å². The number of nitrogens with one attached hydrogen (secondary N) is 2. The lowest BCUT2D eigenvalue weighted by atomic mass is 10.4. The van der Waals surface area contributed by atoms with Gasteiger partial charge in [-0.15, -0.1) is 0 Å². The van der Waals surface area contributed by atoms with E-state index in [9.17, 15) is 13.2 Å². The number of carbonyl (C=O) groups is 1. The quantitative estimate of drug-likeness (QED) is 0.658. The molecule has 0 radical (unpaired) electrons. The highest BCUT2D eigenvalue weighted by molar-refractivity contribution is 7.90. The molecule has 86 valence electrons. The molecule has 1 atom stereocenters. The molecular formula is C8H15N3O3S. The SMILES string of the molecule is CC(C)NC(=O)CNS(=O)(=O)C(C)C#N. The van der Waals surface area contributed by atoms with Gasteiger partial charge in [-0.2, -0.15) is 5.26 Å². The van der Waals surface area contributed by atoms with E-state index in [1.807, 2.05) is 0 Å². The molecule has 0 bridgehead atoms. The van der Waals surface area contributed by atoms with Crippen molar-refractivity contribution in [2.75, 3.05) is 6.54 Å². The van der Waals surface area contributed by atoms with Crippen molar-refractivity contribution in [2.45, 2.75) is 32.1 Å². The summed E-state index contributed by atoms with van der Waals surface area (Å²) in [4.78, 5) is 11.1. The average molecular weight is 233 g/mol. The van der Waals surface area contributed by atoms with E-state index in [-0.39, 0.29) is 12.6 Å². The van der Waals surface area contributed by atoms with Crippen molar-refractivity contribution in [1.82, 2.24) is 10.0 Å². The predicted octanol–water partition coefficient (Wildman–Crippen LogP) is -0.658. The Morgan fingerprint density at radius 2 is 1.93 bits per heavy atom. The van der Waals surface area contributed by atoms with Gasteiger partial charge in [0, 0.05) is 6.04 Å². The van der Waals surface area contributed by atoms with Crippen LogP contribution in [0.1, 0.15) is 20.8 Å². The van der Waals surface area contributed by atoms with Crippen LogP contribution >= 0.6 is 0 Å². The van der Waals surface area contributed by atoms with E-state index in [2.05, 4.69) is 10.0 Å². The second-order valence-electron chi connectivity index (χ2n) is 3.36. The van der Waals surface area contributed by atoms with Crippen LogP contribution in [0.3, 0.4) is 0 Å². The van der Waals surface area contributed by atoms with E-state index < -0.39 is 21.2 Å². The zero-order valence-corrected chi connectivity index (χ0v) is 9.76. The van der Waals surface area contributed by atoms with E-state index in [1.54, 1.807) is 19.9 Å². The van der Waals surface area contributed by atoms with Gasteiger partial charge in [-0.3, -0.25) is 4.79 Å². The third kappa shape index (κ3) is 5.34. The molecule has 0 aliphatic rings. The standard InChI is InChI=1S/C8H15N3O3S/c1-6(2)11-8(12)5-10-15(13,14)7(3)4-9/h6-7,10H,5H2,1-3H3,(H,11,12). The Bertz CT molecular complexity index is 356. The van der Waals surface area contributed by atoms with E-state index in [0.29, 0.717) is 0 Å². The molecule has 1 unspecified atom stereocenters. The predicted molar refractivity (Wildman–Crippen MR) is 55.3 cm³/mol. The van der Waals surface area contributed by atoms with Crippen molar-refractivity contribution in [3.05, 3.63) is 0 Å². The molecule has 2 N–H and O–H groups in total. The normalized spacial score (nSPS) is 13.3. The lowest BCUT2D eigenvalue weighted by Gasteiger charge is -2.10. The van der Waals surface area contributed by atoms with Crippen LogP contribution < -0.4 is 10.0 Å². The summed E-state index contributed by atoms with van der Waals surface area (Å²) in [6, 6.07) is 1.54. The van der Waals surface area contributed by atoms with E-state index >= 15 is 0 Å². The molecule has 0 aliphatic heterocycles. The van der Waals surface area contributed by atoms with Crippen molar-refractivity contribution in [2.24, 2.45) is 0 Å². The molecule has 7 heteroatoms. The maximum absolute atomic E-state index is 11.2. The first-order valence-electron chi connectivity index (χ1n) is 4.47.